The van der Waals surface area contributed by atoms with Gasteiger partial charge in [0.15, 0.2) is 0 Å². The van der Waals surface area contributed by atoms with Gasteiger partial charge in [0.1, 0.15) is 0 Å². The third kappa shape index (κ3) is 7.05. The normalized spacial score (nSPS) is 14.6. The molecule has 0 aliphatic rings. The molecule has 0 radical (unpaired) electrons. The molecule has 17 heavy (non-hydrogen) atoms. The van der Waals surface area contributed by atoms with E-state index in [9.17, 15) is 0 Å². The fourth-order valence-corrected chi connectivity index (χ4v) is 2.30. The first-order chi connectivity index (χ1) is 7.82. The molecule has 0 aliphatic carbocycles. The van der Waals surface area contributed by atoms with E-state index in [2.05, 4.69) is 58.7 Å². The predicted molar refractivity (Wildman–Crippen MR) is 78.5 cm³/mol. The zero-order valence-electron chi connectivity index (χ0n) is 13.1. The van der Waals surface area contributed by atoms with Crippen molar-refractivity contribution < 1.29 is 0 Å². The van der Waals surface area contributed by atoms with E-state index in [-0.39, 0.29) is 0 Å². The second-order valence-electron chi connectivity index (χ2n) is 6.39. The van der Waals surface area contributed by atoms with Gasteiger partial charge in [0.25, 0.3) is 0 Å². The van der Waals surface area contributed by atoms with Crippen molar-refractivity contribution in [2.24, 2.45) is 5.41 Å². The summed E-state index contributed by atoms with van der Waals surface area (Å²) in [7, 11) is 0. The molecule has 0 aliphatic heterocycles. The SMILES string of the molecule is CCCN(CCC(NCC)C(C)(C)C)C(C)C. The van der Waals surface area contributed by atoms with Crippen molar-refractivity contribution in [3.63, 3.8) is 0 Å². The molecule has 0 fully saturated rings. The summed E-state index contributed by atoms with van der Waals surface area (Å²) in [6, 6.07) is 1.28. The van der Waals surface area contributed by atoms with Gasteiger partial charge in [-0.3, -0.25) is 0 Å². The topological polar surface area (TPSA) is 15.3 Å². The third-order valence-corrected chi connectivity index (χ3v) is 3.44. The lowest BCUT2D eigenvalue weighted by Gasteiger charge is -2.34. The molecule has 0 spiro atoms. The summed E-state index contributed by atoms with van der Waals surface area (Å²) in [5.74, 6) is 0. The van der Waals surface area contributed by atoms with Crippen LogP contribution in [0.3, 0.4) is 0 Å². The van der Waals surface area contributed by atoms with Gasteiger partial charge in [0.05, 0.1) is 0 Å². The van der Waals surface area contributed by atoms with Crippen LogP contribution in [0, 0.1) is 5.41 Å². The van der Waals surface area contributed by atoms with E-state index in [0.29, 0.717) is 17.5 Å². The van der Waals surface area contributed by atoms with Crippen molar-refractivity contribution in [1.29, 1.82) is 0 Å². The number of hydrogen-bond acceptors (Lipinski definition) is 2. The predicted octanol–water partition coefficient (Wildman–Crippen LogP) is 3.52. The lowest BCUT2D eigenvalue weighted by atomic mass is 9.84. The Morgan fingerprint density at radius 2 is 1.65 bits per heavy atom. The van der Waals surface area contributed by atoms with Gasteiger partial charge in [-0.2, -0.15) is 0 Å². The second kappa shape index (κ2) is 8.10. The van der Waals surface area contributed by atoms with Crippen LogP contribution in [-0.4, -0.2) is 36.6 Å². The number of rotatable bonds is 8. The Morgan fingerprint density at radius 3 is 2.00 bits per heavy atom. The molecule has 2 heteroatoms. The number of nitrogens with zero attached hydrogens (tertiary/aromatic N) is 1. The highest BCUT2D eigenvalue weighted by Gasteiger charge is 2.24. The number of nitrogens with one attached hydrogen (secondary N) is 1. The largest absolute Gasteiger partial charge is 0.314 e. The molecule has 0 amide bonds. The Labute approximate surface area is 109 Å². The summed E-state index contributed by atoms with van der Waals surface area (Å²) >= 11 is 0. The zero-order chi connectivity index (χ0) is 13.5. The van der Waals surface area contributed by atoms with Gasteiger partial charge in [-0.05, 0) is 51.7 Å². The summed E-state index contributed by atoms with van der Waals surface area (Å²) in [5.41, 5.74) is 0.352. The molecule has 1 unspecified atom stereocenters. The van der Waals surface area contributed by atoms with E-state index >= 15 is 0 Å². The summed E-state index contributed by atoms with van der Waals surface area (Å²) in [6.45, 7) is 19.6. The molecule has 2 nitrogen and oxygen atoms in total. The summed E-state index contributed by atoms with van der Waals surface area (Å²) < 4.78 is 0. The fraction of sp³-hybridized carbons (Fsp3) is 1.00. The van der Waals surface area contributed by atoms with Crippen LogP contribution >= 0.6 is 0 Å². The Kier molecular flexibility index (Phi) is 8.06. The van der Waals surface area contributed by atoms with Gasteiger partial charge in [-0.1, -0.05) is 34.6 Å². The van der Waals surface area contributed by atoms with Crippen molar-refractivity contribution in [1.82, 2.24) is 10.2 Å². The van der Waals surface area contributed by atoms with Crippen molar-refractivity contribution in [2.45, 2.75) is 73.4 Å². The maximum absolute atomic E-state index is 3.63. The Balaban J connectivity index is 4.26. The average molecular weight is 242 g/mol. The minimum atomic E-state index is 0.352. The third-order valence-electron chi connectivity index (χ3n) is 3.44. The van der Waals surface area contributed by atoms with E-state index in [0.717, 1.165) is 6.54 Å². The monoisotopic (exact) mass is 242 g/mol. The van der Waals surface area contributed by atoms with Gasteiger partial charge in [-0.15, -0.1) is 0 Å². The summed E-state index contributed by atoms with van der Waals surface area (Å²) in [5, 5.41) is 3.63. The standard InChI is InChI=1S/C15H34N2/c1-8-11-17(13(3)4)12-10-14(16-9-2)15(5,6)7/h13-14,16H,8-12H2,1-7H3. The highest BCUT2D eigenvalue weighted by Crippen LogP contribution is 2.22. The van der Waals surface area contributed by atoms with Crippen molar-refractivity contribution in [2.75, 3.05) is 19.6 Å². The first-order valence-corrected chi connectivity index (χ1v) is 7.30. The molecule has 0 aromatic heterocycles. The molecular weight excluding hydrogens is 208 g/mol. The Hall–Kier alpha value is -0.0800. The van der Waals surface area contributed by atoms with Crippen molar-refractivity contribution >= 4 is 0 Å². The quantitative estimate of drug-likeness (QED) is 0.700. The molecule has 104 valence electrons. The van der Waals surface area contributed by atoms with Gasteiger partial charge in [-0.25, -0.2) is 0 Å². The molecule has 0 aromatic carbocycles. The highest BCUT2D eigenvalue weighted by molar-refractivity contribution is 4.81. The highest BCUT2D eigenvalue weighted by atomic mass is 15.1. The summed E-state index contributed by atoms with van der Waals surface area (Å²) in [4.78, 5) is 2.59. The summed E-state index contributed by atoms with van der Waals surface area (Å²) in [6.07, 6.45) is 2.50. The van der Waals surface area contributed by atoms with E-state index in [4.69, 9.17) is 0 Å². The van der Waals surface area contributed by atoms with E-state index < -0.39 is 0 Å². The van der Waals surface area contributed by atoms with Crippen LogP contribution in [0.2, 0.25) is 0 Å². The molecule has 0 saturated heterocycles. The Bertz CT molecular complexity index is 182. The van der Waals surface area contributed by atoms with Crippen LogP contribution in [0.15, 0.2) is 0 Å². The molecule has 1 atom stereocenters. The molecule has 1 N–H and O–H groups in total. The van der Waals surface area contributed by atoms with Gasteiger partial charge < -0.3 is 10.2 Å². The van der Waals surface area contributed by atoms with Gasteiger partial charge in [0, 0.05) is 12.1 Å². The minimum absolute atomic E-state index is 0.352. The van der Waals surface area contributed by atoms with Crippen LogP contribution < -0.4 is 5.32 Å². The van der Waals surface area contributed by atoms with E-state index in [1.54, 1.807) is 0 Å². The average Bonchev–Trinajstić information content (AvgIpc) is 2.20. The van der Waals surface area contributed by atoms with Crippen molar-refractivity contribution in [3.8, 4) is 0 Å². The van der Waals surface area contributed by atoms with Gasteiger partial charge >= 0.3 is 0 Å². The maximum atomic E-state index is 3.63. The second-order valence-corrected chi connectivity index (χ2v) is 6.39. The molecule has 0 saturated carbocycles. The lowest BCUT2D eigenvalue weighted by molar-refractivity contribution is 0.179. The van der Waals surface area contributed by atoms with Crippen LogP contribution in [0.1, 0.15) is 61.3 Å². The van der Waals surface area contributed by atoms with E-state index in [1.165, 1.54) is 25.9 Å². The molecule has 0 bridgehead atoms. The lowest BCUT2D eigenvalue weighted by Crippen LogP contribution is -2.44. The first-order valence-electron chi connectivity index (χ1n) is 7.30. The first kappa shape index (κ1) is 16.9. The molecule has 0 rings (SSSR count). The zero-order valence-corrected chi connectivity index (χ0v) is 13.1. The van der Waals surface area contributed by atoms with Crippen LogP contribution in [0.25, 0.3) is 0 Å². The van der Waals surface area contributed by atoms with E-state index in [1.807, 2.05) is 0 Å². The maximum Gasteiger partial charge on any atom is 0.0128 e. The Morgan fingerprint density at radius 1 is 1.06 bits per heavy atom. The molecule has 0 aromatic rings. The van der Waals surface area contributed by atoms with Crippen LogP contribution in [0.5, 0.6) is 0 Å². The minimum Gasteiger partial charge on any atom is -0.314 e. The van der Waals surface area contributed by atoms with Crippen LogP contribution in [0.4, 0.5) is 0 Å². The van der Waals surface area contributed by atoms with Crippen molar-refractivity contribution in [3.05, 3.63) is 0 Å². The van der Waals surface area contributed by atoms with Gasteiger partial charge in [0.2, 0.25) is 0 Å². The molecule has 0 heterocycles. The smallest absolute Gasteiger partial charge is 0.0128 e. The fourth-order valence-electron chi connectivity index (χ4n) is 2.30. The molecular formula is C15H34N2. The van der Waals surface area contributed by atoms with Crippen LogP contribution in [-0.2, 0) is 0 Å². The number of hydrogen-bond donors (Lipinski definition) is 1.